The third-order valence-corrected chi connectivity index (χ3v) is 3.97. The van der Waals surface area contributed by atoms with E-state index < -0.39 is 15.8 Å². The molecule has 6 heteroatoms. The van der Waals surface area contributed by atoms with Gasteiger partial charge in [-0.3, -0.25) is 0 Å². The third-order valence-electron chi connectivity index (χ3n) is 2.53. The molecule has 1 unspecified atom stereocenters. The molecule has 0 amide bonds. The second-order valence-corrected chi connectivity index (χ2v) is 7.60. The summed E-state index contributed by atoms with van der Waals surface area (Å²) < 4.78 is 39.0. The summed E-state index contributed by atoms with van der Waals surface area (Å²) in [6.07, 6.45) is 0.707. The molecule has 1 aromatic carbocycles. The molecule has 0 fully saturated rings. The van der Waals surface area contributed by atoms with Crippen LogP contribution in [0.25, 0.3) is 0 Å². The molecule has 0 aromatic heterocycles. The van der Waals surface area contributed by atoms with Crippen molar-refractivity contribution in [2.45, 2.75) is 38.1 Å². The van der Waals surface area contributed by atoms with Crippen LogP contribution < -0.4 is 10.5 Å². The summed E-state index contributed by atoms with van der Waals surface area (Å²) in [4.78, 5) is 0.0388. The molecule has 1 aromatic rings. The molecule has 0 aliphatic heterocycles. The van der Waals surface area contributed by atoms with E-state index in [0.717, 1.165) is 12.1 Å². The van der Waals surface area contributed by atoms with E-state index in [0.29, 0.717) is 6.42 Å². The fourth-order valence-electron chi connectivity index (χ4n) is 1.77. The van der Waals surface area contributed by atoms with E-state index in [9.17, 15) is 12.8 Å². The van der Waals surface area contributed by atoms with Crippen molar-refractivity contribution in [3.8, 4) is 0 Å². The van der Waals surface area contributed by atoms with Gasteiger partial charge in [0.25, 0.3) is 0 Å². The number of benzene rings is 1. The van der Waals surface area contributed by atoms with Gasteiger partial charge in [-0.1, -0.05) is 20.8 Å². The first-order valence-corrected chi connectivity index (χ1v) is 7.59. The smallest absolute Gasteiger partial charge is 0.240 e. The molecule has 0 aliphatic carbocycles. The van der Waals surface area contributed by atoms with Gasteiger partial charge < -0.3 is 5.73 Å². The van der Waals surface area contributed by atoms with E-state index >= 15 is 0 Å². The Labute approximate surface area is 114 Å². The number of hydrogen-bond donors (Lipinski definition) is 2. The summed E-state index contributed by atoms with van der Waals surface area (Å²) >= 11 is 0. The summed E-state index contributed by atoms with van der Waals surface area (Å²) in [7, 11) is -3.62. The Balaban J connectivity index is 2.63. The maximum atomic E-state index is 12.7. The molecular formula is C13H21FN2O2S. The highest BCUT2D eigenvalue weighted by molar-refractivity contribution is 7.89. The van der Waals surface area contributed by atoms with E-state index in [1.165, 1.54) is 12.1 Å². The first-order chi connectivity index (χ1) is 8.60. The van der Waals surface area contributed by atoms with Crippen molar-refractivity contribution in [3.63, 3.8) is 0 Å². The largest absolute Gasteiger partial charge is 0.326 e. The van der Waals surface area contributed by atoms with Crippen molar-refractivity contribution < 1.29 is 12.8 Å². The Morgan fingerprint density at radius 3 is 2.26 bits per heavy atom. The molecule has 0 saturated heterocycles. The zero-order valence-corrected chi connectivity index (χ0v) is 12.3. The van der Waals surface area contributed by atoms with Crippen molar-refractivity contribution in [2.24, 2.45) is 11.1 Å². The molecule has 0 spiro atoms. The minimum Gasteiger partial charge on any atom is -0.326 e. The lowest BCUT2D eigenvalue weighted by molar-refractivity contribution is 0.338. The average molecular weight is 288 g/mol. The molecule has 0 radical (unpaired) electrons. The van der Waals surface area contributed by atoms with Crippen molar-refractivity contribution in [1.82, 2.24) is 4.72 Å². The second-order valence-electron chi connectivity index (χ2n) is 5.83. The van der Waals surface area contributed by atoms with Gasteiger partial charge in [0.1, 0.15) is 5.82 Å². The summed E-state index contributed by atoms with van der Waals surface area (Å²) in [5.41, 5.74) is 5.92. The van der Waals surface area contributed by atoms with Gasteiger partial charge >= 0.3 is 0 Å². The number of halogens is 1. The summed E-state index contributed by atoms with van der Waals surface area (Å²) in [6.45, 7) is 6.29. The van der Waals surface area contributed by atoms with Crippen LogP contribution in [0.2, 0.25) is 0 Å². The molecule has 1 rings (SSSR count). The summed E-state index contributed by atoms with van der Waals surface area (Å²) in [5.74, 6) is -0.469. The topological polar surface area (TPSA) is 72.2 Å². The van der Waals surface area contributed by atoms with E-state index in [4.69, 9.17) is 5.73 Å². The Morgan fingerprint density at radius 1 is 1.26 bits per heavy atom. The highest BCUT2D eigenvalue weighted by atomic mass is 32.2. The fourth-order valence-corrected chi connectivity index (χ4v) is 2.87. The van der Waals surface area contributed by atoms with Crippen LogP contribution in [-0.2, 0) is 10.0 Å². The van der Waals surface area contributed by atoms with Crippen molar-refractivity contribution in [2.75, 3.05) is 6.54 Å². The van der Waals surface area contributed by atoms with Crippen LogP contribution in [0.5, 0.6) is 0 Å². The lowest BCUT2D eigenvalue weighted by Gasteiger charge is -2.23. The number of nitrogens with one attached hydrogen (secondary N) is 1. The second kappa shape index (κ2) is 5.98. The Hall–Kier alpha value is -0.980. The zero-order chi connectivity index (χ0) is 14.7. The lowest BCUT2D eigenvalue weighted by atomic mass is 9.88. The summed E-state index contributed by atoms with van der Waals surface area (Å²) in [5, 5.41) is 0. The molecule has 19 heavy (non-hydrogen) atoms. The first kappa shape index (κ1) is 16.1. The Morgan fingerprint density at radius 2 is 1.79 bits per heavy atom. The van der Waals surface area contributed by atoms with E-state index in [2.05, 4.69) is 4.72 Å². The Kier molecular flexibility index (Phi) is 5.06. The third kappa shape index (κ3) is 5.67. The number of rotatable bonds is 5. The molecule has 0 saturated carbocycles. The van der Waals surface area contributed by atoms with Gasteiger partial charge in [-0.15, -0.1) is 0 Å². The van der Waals surface area contributed by atoms with Crippen LogP contribution in [0, 0.1) is 11.2 Å². The van der Waals surface area contributed by atoms with Crippen molar-refractivity contribution >= 4 is 10.0 Å². The maximum absolute atomic E-state index is 12.7. The normalized spacial score (nSPS) is 14.4. The van der Waals surface area contributed by atoms with Gasteiger partial charge in [-0.25, -0.2) is 17.5 Å². The van der Waals surface area contributed by atoms with E-state index in [1.54, 1.807) is 0 Å². The molecule has 0 aliphatic rings. The average Bonchev–Trinajstić information content (AvgIpc) is 2.25. The van der Waals surface area contributed by atoms with E-state index in [-0.39, 0.29) is 22.9 Å². The SMILES string of the molecule is CC(C)(C)CC(N)CNS(=O)(=O)c1ccc(F)cc1. The quantitative estimate of drug-likeness (QED) is 0.868. The molecular weight excluding hydrogens is 267 g/mol. The zero-order valence-electron chi connectivity index (χ0n) is 11.5. The first-order valence-electron chi connectivity index (χ1n) is 6.11. The van der Waals surface area contributed by atoms with E-state index in [1.807, 2.05) is 20.8 Å². The van der Waals surface area contributed by atoms with Crippen LogP contribution in [0.4, 0.5) is 4.39 Å². The molecule has 108 valence electrons. The lowest BCUT2D eigenvalue weighted by Crippen LogP contribution is -2.39. The van der Waals surface area contributed by atoms with Crippen molar-refractivity contribution in [3.05, 3.63) is 30.1 Å². The van der Waals surface area contributed by atoms with Gasteiger partial charge in [0.2, 0.25) is 10.0 Å². The molecule has 4 nitrogen and oxygen atoms in total. The standard InChI is InChI=1S/C13H21FN2O2S/c1-13(2,3)8-11(15)9-16-19(17,18)12-6-4-10(14)5-7-12/h4-7,11,16H,8-9,15H2,1-3H3. The minimum absolute atomic E-state index is 0.0388. The highest BCUT2D eigenvalue weighted by Crippen LogP contribution is 2.19. The molecule has 1 atom stereocenters. The van der Waals surface area contributed by atoms with Gasteiger partial charge in [0.15, 0.2) is 0 Å². The Bertz CT molecular complexity index is 506. The van der Waals surface area contributed by atoms with Crippen LogP contribution in [0.15, 0.2) is 29.2 Å². The van der Waals surface area contributed by atoms with Crippen LogP contribution in [0.1, 0.15) is 27.2 Å². The van der Waals surface area contributed by atoms with Crippen LogP contribution in [-0.4, -0.2) is 21.0 Å². The number of sulfonamides is 1. The fraction of sp³-hybridized carbons (Fsp3) is 0.538. The van der Waals surface area contributed by atoms with Gasteiger partial charge in [-0.05, 0) is 36.1 Å². The van der Waals surface area contributed by atoms with Gasteiger partial charge in [0, 0.05) is 12.6 Å². The van der Waals surface area contributed by atoms with Crippen LogP contribution in [0.3, 0.4) is 0 Å². The van der Waals surface area contributed by atoms with Gasteiger partial charge in [-0.2, -0.15) is 0 Å². The number of nitrogens with two attached hydrogens (primary N) is 1. The summed E-state index contributed by atoms with van der Waals surface area (Å²) in [6, 6.07) is 4.43. The highest BCUT2D eigenvalue weighted by Gasteiger charge is 2.19. The molecule has 0 bridgehead atoms. The predicted molar refractivity (Wildman–Crippen MR) is 73.6 cm³/mol. The number of hydrogen-bond acceptors (Lipinski definition) is 3. The van der Waals surface area contributed by atoms with Crippen LogP contribution >= 0.6 is 0 Å². The molecule has 0 heterocycles. The maximum Gasteiger partial charge on any atom is 0.240 e. The van der Waals surface area contributed by atoms with Crippen molar-refractivity contribution in [1.29, 1.82) is 0 Å². The van der Waals surface area contributed by atoms with Gasteiger partial charge in [0.05, 0.1) is 4.90 Å². The minimum atomic E-state index is -3.62. The monoisotopic (exact) mass is 288 g/mol. The molecule has 3 N–H and O–H groups in total. The predicted octanol–water partition coefficient (Wildman–Crippen LogP) is 1.87.